The third kappa shape index (κ3) is 14.0. The first-order valence-corrected chi connectivity index (χ1v) is 1.07. The Labute approximate surface area is 48.1 Å². The number of hydrogen-bond acceptors (Lipinski definition) is 0. The van der Waals surface area contributed by atoms with Gasteiger partial charge < -0.3 is 0 Å². The second-order valence-electron chi connectivity index (χ2n) is 0.428. The predicted octanol–water partition coefficient (Wildman–Crippen LogP) is 1.16. The Bertz CT molecular complexity index is 24.6. The molecule has 0 radical (unpaired) electrons. The summed E-state index contributed by atoms with van der Waals surface area (Å²) in [6, 6.07) is 0. The van der Waals surface area contributed by atoms with Crippen LogP contribution in [0.3, 0.4) is 0 Å². The van der Waals surface area contributed by atoms with Crippen molar-refractivity contribution in [3.8, 4) is 0 Å². The van der Waals surface area contributed by atoms with Gasteiger partial charge in [0.05, 0.1) is 0 Å². The van der Waals surface area contributed by atoms with E-state index in [0.717, 1.165) is 0 Å². The fourth-order valence-electron chi connectivity index (χ4n) is 0. The van der Waals surface area contributed by atoms with E-state index in [4.69, 9.17) is 6.58 Å². The van der Waals surface area contributed by atoms with Crippen LogP contribution in [0.15, 0.2) is 18.7 Å². The molecule has 0 spiro atoms. The molecule has 0 amide bonds. The van der Waals surface area contributed by atoms with E-state index in [-0.39, 0.29) is 22.4 Å². The summed E-state index contributed by atoms with van der Waals surface area (Å²) in [6.07, 6.45) is 2.92. The largest absolute Gasteiger partial charge is 1.00 e. The molecule has 0 fully saturated rings. The summed E-state index contributed by atoms with van der Waals surface area (Å²) in [5, 5.41) is 0. The van der Waals surface area contributed by atoms with E-state index in [1.807, 2.05) is 0 Å². The first-order valence-electron chi connectivity index (χ1n) is 1.07. The van der Waals surface area contributed by atoms with E-state index in [1.54, 1.807) is 0 Å². The predicted molar refractivity (Wildman–Crippen MR) is 19.1 cm³/mol. The van der Waals surface area contributed by atoms with E-state index in [1.165, 1.54) is 12.2 Å². The van der Waals surface area contributed by atoms with Gasteiger partial charge in [-0.2, -0.15) is 6.58 Å². The van der Waals surface area contributed by atoms with Crippen molar-refractivity contribution < 1.29 is 22.4 Å². The third-order valence-corrected chi connectivity index (χ3v) is 0.136. The second kappa shape index (κ2) is 8.88. The summed E-state index contributed by atoms with van der Waals surface area (Å²) in [7, 11) is 0. The van der Waals surface area contributed by atoms with Gasteiger partial charge in [-0.25, -0.2) is 12.2 Å². The maximum atomic E-state index is 4.78. The van der Waals surface area contributed by atoms with Crippen LogP contribution >= 0.6 is 0 Å². The van der Waals surface area contributed by atoms with Crippen LogP contribution in [-0.4, -0.2) is 0 Å². The molecule has 0 aromatic carbocycles. The van der Waals surface area contributed by atoms with E-state index in [2.05, 4.69) is 6.58 Å². The molecule has 32 valence electrons. The van der Waals surface area contributed by atoms with Gasteiger partial charge in [-0.15, -0.1) is 0 Å². The van der Waals surface area contributed by atoms with Crippen molar-refractivity contribution in [2.75, 3.05) is 0 Å². The van der Waals surface area contributed by atoms with Crippen molar-refractivity contribution in [1.29, 1.82) is 0 Å². The smallest absolute Gasteiger partial charge is 0.293 e. The monoisotopic (exact) mass is 250 g/mol. The van der Waals surface area contributed by atoms with Crippen LogP contribution < -0.4 is 0 Å². The van der Waals surface area contributed by atoms with Crippen molar-refractivity contribution in [3.63, 3.8) is 0 Å². The molecule has 0 rings (SSSR count). The first-order chi connectivity index (χ1) is 1.91. The molecule has 0 bridgehead atoms. The summed E-state index contributed by atoms with van der Waals surface area (Å²) in [5.74, 6) is 0. The number of hydrogen-bond donors (Lipinski definition) is 0. The Morgan fingerprint density at radius 1 is 1.60 bits per heavy atom. The molecule has 1 heteroatoms. The topological polar surface area (TPSA) is 0 Å². The Morgan fingerprint density at radius 2 is 1.80 bits per heavy atom. The van der Waals surface area contributed by atoms with Crippen LogP contribution in [-0.2, 0) is 22.4 Å². The fraction of sp³-hybridized carbons (Fsp3) is 0. The van der Waals surface area contributed by atoms with E-state index in [9.17, 15) is 0 Å². The zero-order valence-corrected chi connectivity index (χ0v) is 4.91. The van der Waals surface area contributed by atoms with Gasteiger partial charge in [-0.1, -0.05) is 0 Å². The van der Waals surface area contributed by atoms with Gasteiger partial charge in [-0.05, 0) is 0 Å². The van der Waals surface area contributed by atoms with Gasteiger partial charge in [0.25, 0.3) is 0 Å². The molecule has 0 aromatic rings. The van der Waals surface area contributed by atoms with Gasteiger partial charge in [0.2, 0.25) is 0 Å². The summed E-state index contributed by atoms with van der Waals surface area (Å²) in [6.45, 7) is 8.08. The molecule has 0 unspecified atom stereocenters. The SMILES string of the molecule is [Au+].[CH-]=CC=C. The maximum absolute atomic E-state index is 4.78. The first kappa shape index (κ1) is 8.97. The molecule has 0 N–H and O–H groups in total. The van der Waals surface area contributed by atoms with Gasteiger partial charge in [0, 0.05) is 0 Å². The molecule has 0 saturated heterocycles. The summed E-state index contributed by atoms with van der Waals surface area (Å²) >= 11 is 0. The molecule has 0 saturated carbocycles. The van der Waals surface area contributed by atoms with Crippen molar-refractivity contribution in [1.82, 2.24) is 0 Å². The van der Waals surface area contributed by atoms with Crippen LogP contribution in [0.4, 0.5) is 0 Å². The Kier molecular flexibility index (Phi) is 15.9. The Balaban J connectivity index is 0. The summed E-state index contributed by atoms with van der Waals surface area (Å²) < 4.78 is 0. The number of rotatable bonds is 1. The fourth-order valence-corrected chi connectivity index (χ4v) is 0. The molecule has 5 heavy (non-hydrogen) atoms. The van der Waals surface area contributed by atoms with Crippen molar-refractivity contribution in [2.24, 2.45) is 0 Å². The van der Waals surface area contributed by atoms with Crippen LogP contribution in [0.5, 0.6) is 0 Å². The molecule has 0 heterocycles. The molecule has 0 aliphatic carbocycles. The van der Waals surface area contributed by atoms with E-state index in [0.29, 0.717) is 0 Å². The molecular formula is C4H5Au. The van der Waals surface area contributed by atoms with Crippen LogP contribution in [0, 0.1) is 6.58 Å². The van der Waals surface area contributed by atoms with Gasteiger partial charge >= 0.3 is 22.4 Å². The zero-order valence-electron chi connectivity index (χ0n) is 2.74. The third-order valence-electron chi connectivity index (χ3n) is 0.136. The van der Waals surface area contributed by atoms with Crippen molar-refractivity contribution in [2.45, 2.75) is 0 Å². The summed E-state index contributed by atoms with van der Waals surface area (Å²) in [5.41, 5.74) is 0. The van der Waals surface area contributed by atoms with Crippen molar-refractivity contribution in [3.05, 3.63) is 25.3 Å². The minimum absolute atomic E-state index is 0. The molecule has 0 aliphatic rings. The van der Waals surface area contributed by atoms with E-state index < -0.39 is 0 Å². The normalized spacial score (nSPS) is 4.00. The quantitative estimate of drug-likeness (QED) is 0.372. The van der Waals surface area contributed by atoms with Crippen LogP contribution in [0.2, 0.25) is 0 Å². The van der Waals surface area contributed by atoms with Gasteiger partial charge in [0.1, 0.15) is 0 Å². The van der Waals surface area contributed by atoms with Crippen molar-refractivity contribution >= 4 is 0 Å². The zero-order chi connectivity index (χ0) is 3.41. The number of allylic oxidation sites excluding steroid dienone is 2. The van der Waals surface area contributed by atoms with Crippen LogP contribution in [0.25, 0.3) is 0 Å². The maximum Gasteiger partial charge on any atom is 1.00 e. The van der Waals surface area contributed by atoms with E-state index >= 15 is 0 Å². The minimum Gasteiger partial charge on any atom is -0.293 e. The molecular weight excluding hydrogens is 245 g/mol. The average Bonchev–Trinajstić information content (AvgIpc) is 1.37. The Hall–Kier alpha value is 0.220. The van der Waals surface area contributed by atoms with Crippen LogP contribution in [0.1, 0.15) is 0 Å². The second-order valence-corrected chi connectivity index (χ2v) is 0.428. The minimum atomic E-state index is 0. The molecule has 0 atom stereocenters. The molecule has 0 aliphatic heterocycles. The van der Waals surface area contributed by atoms with Gasteiger partial charge in [-0.3, -0.25) is 6.58 Å². The summed E-state index contributed by atoms with van der Waals surface area (Å²) in [4.78, 5) is 0. The molecule has 0 nitrogen and oxygen atoms in total. The Morgan fingerprint density at radius 3 is 1.80 bits per heavy atom. The average molecular weight is 250 g/mol. The molecule has 0 aromatic heterocycles. The van der Waals surface area contributed by atoms with Gasteiger partial charge in [0.15, 0.2) is 0 Å². The standard InChI is InChI=1S/C4H5.Au/c1-3-4-2;/h1,3-4H,2H2;/q-1;+1.